The third-order valence-corrected chi connectivity index (χ3v) is 5.30. The molecule has 0 radical (unpaired) electrons. The molecule has 4 rings (SSSR count). The van der Waals surface area contributed by atoms with Gasteiger partial charge in [-0.2, -0.15) is 5.26 Å². The molecule has 1 fully saturated rings. The summed E-state index contributed by atoms with van der Waals surface area (Å²) in [7, 11) is 3.54. The molecule has 0 atom stereocenters. The number of carbonyl (C=O) groups excluding carboxylic acids is 1. The number of hydrogen-bond acceptors (Lipinski definition) is 6. The molecule has 1 N–H and O–H groups in total. The van der Waals surface area contributed by atoms with E-state index in [1.165, 1.54) is 17.7 Å². The summed E-state index contributed by atoms with van der Waals surface area (Å²) < 4.78 is 1.83. The first-order valence-electron chi connectivity index (χ1n) is 9.92. The molecule has 0 aliphatic heterocycles. The van der Waals surface area contributed by atoms with Crippen LogP contribution in [0.3, 0.4) is 0 Å². The first-order valence-corrected chi connectivity index (χ1v) is 9.92. The first-order chi connectivity index (χ1) is 14.6. The molecule has 1 aliphatic carbocycles. The predicted octanol–water partition coefficient (Wildman–Crippen LogP) is 3.22. The van der Waals surface area contributed by atoms with Gasteiger partial charge in [-0.1, -0.05) is 12.8 Å². The maximum absolute atomic E-state index is 11.4. The van der Waals surface area contributed by atoms with Crippen molar-refractivity contribution in [2.24, 2.45) is 13.0 Å². The van der Waals surface area contributed by atoms with Gasteiger partial charge >= 0.3 is 0 Å². The highest BCUT2D eigenvalue weighted by Gasteiger charge is 2.20. The van der Waals surface area contributed by atoms with Gasteiger partial charge in [0.05, 0.1) is 11.6 Å². The topological polar surface area (TPSA) is 99.7 Å². The Hall–Kier alpha value is -3.73. The van der Waals surface area contributed by atoms with Crippen molar-refractivity contribution in [1.82, 2.24) is 19.7 Å². The van der Waals surface area contributed by atoms with Crippen molar-refractivity contribution in [1.29, 1.82) is 5.26 Å². The van der Waals surface area contributed by atoms with E-state index in [9.17, 15) is 10.1 Å². The van der Waals surface area contributed by atoms with Crippen LogP contribution in [0, 0.1) is 17.2 Å². The number of nitrogens with zero attached hydrogens (tertiary/aromatic N) is 6. The minimum atomic E-state index is 0.530. The molecular formula is C22H23N7O. The molecule has 2 heterocycles. The number of aryl methyl sites for hydroxylation is 1. The number of carbonyl (C=O) groups is 1. The van der Waals surface area contributed by atoms with E-state index in [1.54, 1.807) is 19.4 Å². The summed E-state index contributed by atoms with van der Waals surface area (Å²) in [5.74, 6) is 2.73. The third-order valence-electron chi connectivity index (χ3n) is 5.30. The smallest absolute Gasteiger partial charge is 0.215 e. The number of anilines is 2. The lowest BCUT2D eigenvalue weighted by atomic mass is 9.97. The highest BCUT2D eigenvalue weighted by Crippen LogP contribution is 2.35. The van der Waals surface area contributed by atoms with Gasteiger partial charge in [-0.15, -0.1) is 10.2 Å². The fourth-order valence-corrected chi connectivity index (χ4v) is 3.38. The number of aromatic nitrogens is 4. The van der Waals surface area contributed by atoms with Gasteiger partial charge in [-0.3, -0.25) is 4.79 Å². The van der Waals surface area contributed by atoms with Crippen molar-refractivity contribution in [3.8, 4) is 28.6 Å². The summed E-state index contributed by atoms with van der Waals surface area (Å²) in [5, 5.41) is 21.0. The lowest BCUT2D eigenvalue weighted by Gasteiger charge is -2.16. The van der Waals surface area contributed by atoms with Crippen LogP contribution in [-0.2, 0) is 11.8 Å². The molecule has 1 aliphatic rings. The Labute approximate surface area is 175 Å². The minimum Gasteiger partial charge on any atom is -0.370 e. The predicted molar refractivity (Wildman–Crippen MR) is 115 cm³/mol. The van der Waals surface area contributed by atoms with Gasteiger partial charge in [-0.05, 0) is 53.8 Å². The Morgan fingerprint density at radius 1 is 1.30 bits per heavy atom. The quantitative estimate of drug-likeness (QED) is 0.582. The molecule has 0 bridgehead atoms. The molecule has 152 valence electrons. The Bertz CT molecular complexity index is 1110. The van der Waals surface area contributed by atoms with Crippen molar-refractivity contribution in [2.45, 2.75) is 19.3 Å². The lowest BCUT2D eigenvalue weighted by molar-refractivity contribution is -0.107. The summed E-state index contributed by atoms with van der Waals surface area (Å²) in [6.45, 7) is 0.833. The molecule has 1 aromatic carbocycles. The molecule has 0 spiro atoms. The zero-order valence-corrected chi connectivity index (χ0v) is 17.0. The van der Waals surface area contributed by atoms with Crippen LogP contribution < -0.4 is 10.2 Å². The number of amides is 1. The number of nitrogens with one attached hydrogen (secondary N) is 1. The van der Waals surface area contributed by atoms with Crippen LogP contribution in [0.25, 0.3) is 22.5 Å². The van der Waals surface area contributed by atoms with Crippen LogP contribution in [0.15, 0.2) is 36.7 Å². The Balaban J connectivity index is 1.80. The summed E-state index contributed by atoms with van der Waals surface area (Å²) in [5.41, 5.74) is 3.07. The van der Waals surface area contributed by atoms with Gasteiger partial charge in [0.2, 0.25) is 6.41 Å². The maximum atomic E-state index is 11.4. The van der Waals surface area contributed by atoms with Crippen molar-refractivity contribution in [3.05, 3.63) is 42.2 Å². The largest absolute Gasteiger partial charge is 0.370 e. The van der Waals surface area contributed by atoms with Crippen LogP contribution in [0.1, 0.15) is 24.8 Å². The van der Waals surface area contributed by atoms with Gasteiger partial charge in [0.15, 0.2) is 5.82 Å². The molecule has 30 heavy (non-hydrogen) atoms. The number of nitriles is 1. The van der Waals surface area contributed by atoms with E-state index < -0.39 is 0 Å². The van der Waals surface area contributed by atoms with Crippen molar-refractivity contribution in [2.75, 3.05) is 23.8 Å². The summed E-state index contributed by atoms with van der Waals surface area (Å²) in [6.07, 6.45) is 6.08. The second kappa shape index (κ2) is 8.33. The summed E-state index contributed by atoms with van der Waals surface area (Å²) in [6, 6.07) is 11.5. The van der Waals surface area contributed by atoms with E-state index in [4.69, 9.17) is 0 Å². The molecule has 2 aromatic heterocycles. The van der Waals surface area contributed by atoms with Gasteiger partial charge in [-0.25, -0.2) is 4.98 Å². The average Bonchev–Trinajstić information content (AvgIpc) is 3.50. The standard InChI is InChI=1S/C22H23N7O/c1-28-13-25-27-22(28)18-6-5-16(12-23)9-19(18)17-10-20(24-8-7-15-3-4-15)26-21(11-17)29(2)14-30/h5-6,9-11,13-15H,3-4,7-8H2,1-2H3,(H,24,26). The van der Waals surface area contributed by atoms with Crippen molar-refractivity contribution >= 4 is 18.0 Å². The highest BCUT2D eigenvalue weighted by atomic mass is 16.1. The van der Waals surface area contributed by atoms with Gasteiger partial charge < -0.3 is 14.8 Å². The zero-order valence-electron chi connectivity index (χ0n) is 17.0. The molecule has 0 unspecified atom stereocenters. The van der Waals surface area contributed by atoms with Gasteiger partial charge in [0.25, 0.3) is 0 Å². The molecule has 1 saturated carbocycles. The number of benzene rings is 1. The fraction of sp³-hybridized carbons (Fsp3) is 0.318. The Morgan fingerprint density at radius 2 is 2.13 bits per heavy atom. The van der Waals surface area contributed by atoms with Crippen molar-refractivity contribution < 1.29 is 4.79 Å². The van der Waals surface area contributed by atoms with E-state index in [0.29, 0.717) is 23.0 Å². The molecule has 0 saturated heterocycles. The monoisotopic (exact) mass is 401 g/mol. The molecule has 3 aromatic rings. The maximum Gasteiger partial charge on any atom is 0.215 e. The van der Waals surface area contributed by atoms with Gasteiger partial charge in [0, 0.05) is 26.2 Å². The molecular weight excluding hydrogens is 378 g/mol. The molecule has 8 heteroatoms. The van der Waals surface area contributed by atoms with Crippen molar-refractivity contribution in [3.63, 3.8) is 0 Å². The zero-order chi connectivity index (χ0) is 21.1. The van der Waals surface area contributed by atoms with Gasteiger partial charge in [0.1, 0.15) is 18.0 Å². The second-order valence-electron chi connectivity index (χ2n) is 7.61. The number of hydrogen-bond donors (Lipinski definition) is 1. The van der Waals surface area contributed by atoms with Crippen LogP contribution >= 0.6 is 0 Å². The fourth-order valence-electron chi connectivity index (χ4n) is 3.38. The lowest BCUT2D eigenvalue weighted by Crippen LogP contribution is -2.16. The summed E-state index contributed by atoms with van der Waals surface area (Å²) in [4.78, 5) is 17.4. The third kappa shape index (κ3) is 4.15. The Morgan fingerprint density at radius 3 is 2.80 bits per heavy atom. The van der Waals surface area contributed by atoms with E-state index in [0.717, 1.165) is 42.0 Å². The van der Waals surface area contributed by atoms with E-state index >= 15 is 0 Å². The first kappa shape index (κ1) is 19.6. The van der Waals surface area contributed by atoms with Crippen LogP contribution in [0.2, 0.25) is 0 Å². The molecule has 8 nitrogen and oxygen atoms in total. The molecule has 1 amide bonds. The Kier molecular flexibility index (Phi) is 5.44. The van der Waals surface area contributed by atoms with E-state index in [-0.39, 0.29) is 0 Å². The van der Waals surface area contributed by atoms with E-state index in [2.05, 4.69) is 26.6 Å². The highest BCUT2D eigenvalue weighted by molar-refractivity contribution is 5.85. The van der Waals surface area contributed by atoms with Crippen LogP contribution in [-0.4, -0.2) is 39.8 Å². The minimum absolute atomic E-state index is 0.530. The number of pyridine rings is 1. The van der Waals surface area contributed by atoms with Crippen LogP contribution in [0.4, 0.5) is 11.6 Å². The average molecular weight is 401 g/mol. The number of rotatable bonds is 8. The van der Waals surface area contributed by atoms with E-state index in [1.807, 2.05) is 35.9 Å². The SMILES string of the molecule is CN(C=O)c1cc(-c2cc(C#N)ccc2-c2nncn2C)cc(NCCC2CC2)n1. The second-order valence-corrected chi connectivity index (χ2v) is 7.61. The van der Waals surface area contributed by atoms with Crippen LogP contribution in [0.5, 0.6) is 0 Å². The normalized spacial score (nSPS) is 13.0. The summed E-state index contributed by atoms with van der Waals surface area (Å²) >= 11 is 0.